The maximum Gasteiger partial charge on any atom is 0.240 e. The van der Waals surface area contributed by atoms with E-state index in [1.165, 1.54) is 38.5 Å². The van der Waals surface area contributed by atoms with Crippen LogP contribution in [0.15, 0.2) is 0 Å². The van der Waals surface area contributed by atoms with Crippen LogP contribution >= 0.6 is 0 Å². The summed E-state index contributed by atoms with van der Waals surface area (Å²) in [5, 5.41) is 0. The average molecular weight is 321 g/mol. The molecule has 2 heterocycles. The van der Waals surface area contributed by atoms with Gasteiger partial charge in [-0.3, -0.25) is 14.5 Å². The Hall–Kier alpha value is -1.10. The molecule has 0 radical (unpaired) electrons. The van der Waals surface area contributed by atoms with Crippen LogP contribution in [0.5, 0.6) is 0 Å². The lowest BCUT2D eigenvalue weighted by Gasteiger charge is -2.40. The van der Waals surface area contributed by atoms with Crippen LogP contribution in [0.2, 0.25) is 0 Å². The molecule has 3 aliphatic rings. The van der Waals surface area contributed by atoms with E-state index >= 15 is 0 Å². The van der Waals surface area contributed by atoms with Crippen LogP contribution in [0, 0.1) is 5.92 Å². The first-order valence-electron chi connectivity index (χ1n) is 9.50. The molecule has 0 aromatic heterocycles. The minimum atomic E-state index is -0.374. The molecule has 3 rings (SSSR count). The van der Waals surface area contributed by atoms with E-state index in [4.69, 9.17) is 5.73 Å². The number of carbonyl (C=O) groups excluding carboxylic acids is 2. The molecule has 1 aliphatic carbocycles. The van der Waals surface area contributed by atoms with E-state index in [-0.39, 0.29) is 23.9 Å². The van der Waals surface area contributed by atoms with Crippen molar-refractivity contribution in [2.24, 2.45) is 11.7 Å². The second-order valence-electron chi connectivity index (χ2n) is 7.60. The molecule has 0 spiro atoms. The molecule has 2 unspecified atom stereocenters. The molecule has 5 nitrogen and oxygen atoms in total. The van der Waals surface area contributed by atoms with Gasteiger partial charge in [-0.1, -0.05) is 25.7 Å². The molecule has 2 saturated heterocycles. The summed E-state index contributed by atoms with van der Waals surface area (Å²) in [5.41, 5.74) is 5.49. The summed E-state index contributed by atoms with van der Waals surface area (Å²) in [4.78, 5) is 28.8. The van der Waals surface area contributed by atoms with Crippen molar-refractivity contribution >= 4 is 11.8 Å². The highest BCUT2D eigenvalue weighted by Gasteiger charge is 2.39. The molecule has 23 heavy (non-hydrogen) atoms. The van der Waals surface area contributed by atoms with Crippen molar-refractivity contribution < 1.29 is 9.59 Å². The highest BCUT2D eigenvalue weighted by atomic mass is 16.2. The zero-order valence-corrected chi connectivity index (χ0v) is 14.2. The predicted molar refractivity (Wildman–Crippen MR) is 89.7 cm³/mol. The van der Waals surface area contributed by atoms with E-state index in [1.54, 1.807) is 4.90 Å². The van der Waals surface area contributed by atoms with Gasteiger partial charge in [-0.2, -0.15) is 0 Å². The number of nitrogens with zero attached hydrogens (tertiary/aromatic N) is 2. The number of likely N-dealkylation sites (tertiary alicyclic amines) is 2. The Morgan fingerprint density at radius 3 is 2.26 bits per heavy atom. The average Bonchev–Trinajstić information content (AvgIpc) is 3.06. The number of piperidine rings is 1. The highest BCUT2D eigenvalue weighted by Crippen LogP contribution is 2.29. The molecule has 0 bridgehead atoms. The van der Waals surface area contributed by atoms with Gasteiger partial charge >= 0.3 is 0 Å². The number of primary amides is 1. The summed E-state index contributed by atoms with van der Waals surface area (Å²) < 4.78 is 0. The largest absolute Gasteiger partial charge is 0.368 e. The minimum Gasteiger partial charge on any atom is -0.368 e. The molecule has 2 amide bonds. The third-order valence-electron chi connectivity index (χ3n) is 5.98. The van der Waals surface area contributed by atoms with Gasteiger partial charge in [0.1, 0.15) is 6.04 Å². The predicted octanol–water partition coefficient (Wildman–Crippen LogP) is 1.90. The topological polar surface area (TPSA) is 66.6 Å². The van der Waals surface area contributed by atoms with Crippen LogP contribution in [0.1, 0.15) is 64.2 Å². The number of carbonyl (C=O) groups is 2. The molecule has 0 aromatic carbocycles. The summed E-state index contributed by atoms with van der Waals surface area (Å²) in [6.45, 7) is 2.79. The highest BCUT2D eigenvalue weighted by molar-refractivity contribution is 5.89. The summed E-state index contributed by atoms with van der Waals surface area (Å²) in [6, 6.07) is -0.397. The van der Waals surface area contributed by atoms with Gasteiger partial charge in [-0.25, -0.2) is 0 Å². The summed E-state index contributed by atoms with van der Waals surface area (Å²) >= 11 is 0. The second kappa shape index (κ2) is 7.65. The molecule has 130 valence electrons. The molecular weight excluding hydrogens is 290 g/mol. The van der Waals surface area contributed by atoms with E-state index in [0.29, 0.717) is 6.54 Å². The maximum atomic E-state index is 13.0. The Labute approximate surface area is 139 Å². The first-order chi connectivity index (χ1) is 11.2. The van der Waals surface area contributed by atoms with Crippen LogP contribution in [0.4, 0.5) is 0 Å². The first kappa shape index (κ1) is 16.7. The van der Waals surface area contributed by atoms with Gasteiger partial charge in [0.2, 0.25) is 11.8 Å². The molecular formula is C18H31N3O2. The standard InChI is InChI=1S/C18H31N3O2/c19-17(22)15-10-6-12-21(15)18(23)16-9-4-5-11-20(16)13-14-7-2-1-3-8-14/h14-16H,1-13H2,(H2,19,22). The third kappa shape index (κ3) is 3.87. The van der Waals surface area contributed by atoms with Crippen molar-refractivity contribution in [2.45, 2.75) is 76.3 Å². The van der Waals surface area contributed by atoms with Crippen molar-refractivity contribution in [3.8, 4) is 0 Å². The van der Waals surface area contributed by atoms with Crippen molar-refractivity contribution in [2.75, 3.05) is 19.6 Å². The van der Waals surface area contributed by atoms with Crippen LogP contribution in [-0.2, 0) is 9.59 Å². The molecule has 3 fully saturated rings. The van der Waals surface area contributed by atoms with E-state index in [1.807, 2.05) is 0 Å². The Morgan fingerprint density at radius 2 is 1.52 bits per heavy atom. The lowest BCUT2D eigenvalue weighted by Crippen LogP contribution is -2.55. The Bertz CT molecular complexity index is 434. The van der Waals surface area contributed by atoms with Gasteiger partial charge < -0.3 is 10.6 Å². The summed E-state index contributed by atoms with van der Waals surface area (Å²) in [5.74, 6) is 0.565. The maximum absolute atomic E-state index is 13.0. The first-order valence-corrected chi connectivity index (χ1v) is 9.50. The van der Waals surface area contributed by atoms with Gasteiger partial charge in [0.15, 0.2) is 0 Å². The van der Waals surface area contributed by atoms with Crippen LogP contribution < -0.4 is 5.73 Å². The number of hydrogen-bond donors (Lipinski definition) is 1. The molecule has 5 heteroatoms. The Morgan fingerprint density at radius 1 is 0.826 bits per heavy atom. The fourth-order valence-electron chi connectivity index (χ4n) is 4.71. The third-order valence-corrected chi connectivity index (χ3v) is 5.98. The summed E-state index contributed by atoms with van der Waals surface area (Å²) in [6.07, 6.45) is 11.5. The Balaban J connectivity index is 1.65. The molecule has 2 aliphatic heterocycles. The van der Waals surface area contributed by atoms with Gasteiger partial charge in [0.05, 0.1) is 6.04 Å². The molecule has 2 atom stereocenters. The van der Waals surface area contributed by atoms with E-state index in [0.717, 1.165) is 44.7 Å². The van der Waals surface area contributed by atoms with E-state index in [2.05, 4.69) is 4.90 Å². The molecule has 2 N–H and O–H groups in total. The van der Waals surface area contributed by atoms with E-state index in [9.17, 15) is 9.59 Å². The van der Waals surface area contributed by atoms with Crippen molar-refractivity contribution in [3.05, 3.63) is 0 Å². The van der Waals surface area contributed by atoms with Crippen molar-refractivity contribution in [1.82, 2.24) is 9.80 Å². The smallest absolute Gasteiger partial charge is 0.240 e. The van der Waals surface area contributed by atoms with Gasteiger partial charge in [-0.05, 0) is 51.0 Å². The summed E-state index contributed by atoms with van der Waals surface area (Å²) in [7, 11) is 0. The fraction of sp³-hybridized carbons (Fsp3) is 0.889. The SMILES string of the molecule is NC(=O)C1CCCN1C(=O)C1CCCCN1CC1CCCCC1. The lowest BCUT2D eigenvalue weighted by atomic mass is 9.87. The van der Waals surface area contributed by atoms with Gasteiger partial charge in [0, 0.05) is 13.1 Å². The minimum absolute atomic E-state index is 0.0226. The number of nitrogens with two attached hydrogens (primary N) is 1. The van der Waals surface area contributed by atoms with Crippen LogP contribution in [-0.4, -0.2) is 53.3 Å². The normalized spacial score (nSPS) is 30.5. The van der Waals surface area contributed by atoms with Crippen molar-refractivity contribution in [1.29, 1.82) is 0 Å². The van der Waals surface area contributed by atoms with Crippen LogP contribution in [0.3, 0.4) is 0 Å². The quantitative estimate of drug-likeness (QED) is 0.860. The second-order valence-corrected chi connectivity index (χ2v) is 7.60. The Kier molecular flexibility index (Phi) is 5.57. The van der Waals surface area contributed by atoms with Crippen molar-refractivity contribution in [3.63, 3.8) is 0 Å². The number of amides is 2. The van der Waals surface area contributed by atoms with Gasteiger partial charge in [0.25, 0.3) is 0 Å². The molecule has 0 aromatic rings. The van der Waals surface area contributed by atoms with E-state index < -0.39 is 0 Å². The van der Waals surface area contributed by atoms with Crippen LogP contribution in [0.25, 0.3) is 0 Å². The van der Waals surface area contributed by atoms with Gasteiger partial charge in [-0.15, -0.1) is 0 Å². The number of hydrogen-bond acceptors (Lipinski definition) is 3. The molecule has 1 saturated carbocycles. The zero-order chi connectivity index (χ0) is 16.2. The monoisotopic (exact) mass is 321 g/mol. The lowest BCUT2D eigenvalue weighted by molar-refractivity contribution is -0.143. The zero-order valence-electron chi connectivity index (χ0n) is 14.2. The number of rotatable bonds is 4. The fourth-order valence-corrected chi connectivity index (χ4v) is 4.71.